The van der Waals surface area contributed by atoms with Crippen molar-refractivity contribution >= 4 is 32.6 Å². The highest BCUT2D eigenvalue weighted by molar-refractivity contribution is 7.22. The molecule has 1 aliphatic heterocycles. The van der Waals surface area contributed by atoms with E-state index in [1.165, 1.54) is 23.5 Å². The third kappa shape index (κ3) is 2.70. The molecule has 0 unspecified atom stereocenters. The van der Waals surface area contributed by atoms with E-state index in [0.29, 0.717) is 26.8 Å². The number of nitrogens with zero attached hydrogens (tertiary/aromatic N) is 1. The lowest BCUT2D eigenvalue weighted by atomic mass is 10.2. The zero-order valence-electron chi connectivity index (χ0n) is 11.8. The van der Waals surface area contributed by atoms with E-state index >= 15 is 0 Å². The first-order chi connectivity index (χ1) is 11.2. The molecular weight excluding hydrogens is 319 g/mol. The Hall–Kier alpha value is -2.67. The predicted molar refractivity (Wildman–Crippen MR) is 84.6 cm³/mol. The molecule has 5 nitrogen and oxygen atoms in total. The summed E-state index contributed by atoms with van der Waals surface area (Å²) in [6.45, 7) is 0.127. The first-order valence-electron chi connectivity index (χ1n) is 6.94. The minimum absolute atomic E-state index is 0.127. The maximum absolute atomic E-state index is 13.2. The van der Waals surface area contributed by atoms with Gasteiger partial charge in [0, 0.05) is 0 Å². The van der Waals surface area contributed by atoms with Gasteiger partial charge in [-0.3, -0.25) is 10.1 Å². The summed E-state index contributed by atoms with van der Waals surface area (Å²) in [5.74, 6) is 0.468. The summed E-state index contributed by atoms with van der Waals surface area (Å²) in [6.07, 6.45) is -0.756. The van der Waals surface area contributed by atoms with Gasteiger partial charge in [-0.25, -0.2) is 9.37 Å². The molecule has 1 aromatic heterocycles. The van der Waals surface area contributed by atoms with E-state index in [4.69, 9.17) is 9.47 Å². The Labute approximate surface area is 134 Å². The zero-order valence-corrected chi connectivity index (χ0v) is 12.6. The van der Waals surface area contributed by atoms with Crippen molar-refractivity contribution in [2.75, 3.05) is 11.9 Å². The molecule has 7 heteroatoms. The second-order valence-electron chi connectivity index (χ2n) is 4.98. The Morgan fingerprint density at radius 2 is 2.09 bits per heavy atom. The van der Waals surface area contributed by atoms with Gasteiger partial charge in [0.15, 0.2) is 16.6 Å². The van der Waals surface area contributed by atoms with E-state index in [0.717, 1.165) is 0 Å². The van der Waals surface area contributed by atoms with Crippen LogP contribution in [0.15, 0.2) is 42.5 Å². The van der Waals surface area contributed by atoms with E-state index in [2.05, 4.69) is 10.3 Å². The third-order valence-electron chi connectivity index (χ3n) is 3.38. The maximum Gasteiger partial charge on any atom is 0.270 e. The Balaban J connectivity index is 1.51. The number of ether oxygens (including phenoxy) is 2. The number of nitrogens with one attached hydrogen (secondary N) is 1. The lowest BCUT2D eigenvalue weighted by Crippen LogP contribution is -2.40. The molecule has 2 aromatic carbocycles. The molecule has 0 saturated heterocycles. The number of benzene rings is 2. The van der Waals surface area contributed by atoms with Crippen molar-refractivity contribution < 1.29 is 18.7 Å². The van der Waals surface area contributed by atoms with Gasteiger partial charge < -0.3 is 9.47 Å². The molecule has 116 valence electrons. The number of para-hydroxylation sites is 2. The summed E-state index contributed by atoms with van der Waals surface area (Å²) in [5.41, 5.74) is 0.637. The number of rotatable bonds is 2. The summed E-state index contributed by atoms with van der Waals surface area (Å²) in [4.78, 5) is 16.6. The van der Waals surface area contributed by atoms with Crippen molar-refractivity contribution in [1.82, 2.24) is 4.98 Å². The zero-order chi connectivity index (χ0) is 15.8. The smallest absolute Gasteiger partial charge is 0.270 e. The average Bonchev–Trinajstić information content (AvgIpc) is 2.95. The quantitative estimate of drug-likeness (QED) is 0.784. The number of thiazole rings is 1. The van der Waals surface area contributed by atoms with E-state index in [1.807, 2.05) is 12.1 Å². The van der Waals surface area contributed by atoms with Crippen LogP contribution in [0.5, 0.6) is 11.5 Å². The summed E-state index contributed by atoms with van der Waals surface area (Å²) in [7, 11) is 0. The van der Waals surface area contributed by atoms with Crippen LogP contribution in [0.1, 0.15) is 0 Å². The molecule has 4 rings (SSSR count). The summed E-state index contributed by atoms with van der Waals surface area (Å²) >= 11 is 1.21. The van der Waals surface area contributed by atoms with Crippen LogP contribution in [-0.4, -0.2) is 23.6 Å². The molecule has 1 amide bonds. The van der Waals surface area contributed by atoms with Crippen LogP contribution >= 0.6 is 11.3 Å². The number of halogens is 1. The minimum Gasteiger partial charge on any atom is -0.485 e. The molecule has 0 aliphatic carbocycles. The van der Waals surface area contributed by atoms with Gasteiger partial charge in [-0.05, 0) is 30.3 Å². The second kappa shape index (κ2) is 5.51. The van der Waals surface area contributed by atoms with Crippen LogP contribution < -0.4 is 14.8 Å². The number of anilines is 1. The van der Waals surface area contributed by atoms with Gasteiger partial charge in [-0.1, -0.05) is 23.5 Å². The minimum atomic E-state index is -0.756. The van der Waals surface area contributed by atoms with Crippen LogP contribution in [0.4, 0.5) is 9.52 Å². The van der Waals surface area contributed by atoms with Gasteiger partial charge in [0.05, 0.1) is 10.2 Å². The normalized spacial score (nSPS) is 16.3. The predicted octanol–water partition coefficient (Wildman–Crippen LogP) is 3.21. The molecule has 3 aromatic rings. The molecule has 0 fully saturated rings. The van der Waals surface area contributed by atoms with E-state index in [-0.39, 0.29) is 18.3 Å². The highest BCUT2D eigenvalue weighted by atomic mass is 32.1. The SMILES string of the molecule is O=C(Nc1nc2ccc(F)cc2s1)[C@@H]1COc2ccccc2O1. The van der Waals surface area contributed by atoms with Crippen LogP contribution in [-0.2, 0) is 4.79 Å². The van der Waals surface area contributed by atoms with Crippen LogP contribution in [0.2, 0.25) is 0 Å². The maximum atomic E-state index is 13.2. The second-order valence-corrected chi connectivity index (χ2v) is 6.02. The number of aromatic nitrogens is 1. The van der Waals surface area contributed by atoms with Crippen molar-refractivity contribution in [3.8, 4) is 11.5 Å². The Kier molecular flexibility index (Phi) is 3.34. The van der Waals surface area contributed by atoms with Crippen molar-refractivity contribution in [3.63, 3.8) is 0 Å². The van der Waals surface area contributed by atoms with Gasteiger partial charge in [-0.2, -0.15) is 0 Å². The number of carbonyl (C=O) groups is 1. The van der Waals surface area contributed by atoms with Crippen molar-refractivity contribution in [3.05, 3.63) is 48.3 Å². The summed E-state index contributed by atoms with van der Waals surface area (Å²) in [5, 5.41) is 3.09. The molecule has 0 saturated carbocycles. The van der Waals surface area contributed by atoms with Crippen LogP contribution in [0.25, 0.3) is 10.2 Å². The molecule has 0 radical (unpaired) electrons. The Bertz CT molecular complexity index is 896. The lowest BCUT2D eigenvalue weighted by Gasteiger charge is -2.25. The summed E-state index contributed by atoms with van der Waals surface area (Å²) in [6, 6.07) is 11.5. The number of fused-ring (bicyclic) bond motifs is 2. The van der Waals surface area contributed by atoms with Gasteiger partial charge in [0.1, 0.15) is 12.4 Å². The number of carbonyl (C=O) groups excluding carboxylic acids is 1. The average molecular weight is 330 g/mol. The van der Waals surface area contributed by atoms with Gasteiger partial charge in [0.2, 0.25) is 6.10 Å². The van der Waals surface area contributed by atoms with E-state index in [9.17, 15) is 9.18 Å². The molecule has 1 N–H and O–H groups in total. The fourth-order valence-corrected chi connectivity index (χ4v) is 3.18. The number of hydrogen-bond donors (Lipinski definition) is 1. The third-order valence-corrected chi connectivity index (χ3v) is 4.32. The highest BCUT2D eigenvalue weighted by Gasteiger charge is 2.27. The molecule has 1 aliphatic rings. The highest BCUT2D eigenvalue weighted by Crippen LogP contribution is 2.31. The van der Waals surface area contributed by atoms with Crippen molar-refractivity contribution in [1.29, 1.82) is 0 Å². The first-order valence-corrected chi connectivity index (χ1v) is 7.76. The molecule has 0 spiro atoms. The lowest BCUT2D eigenvalue weighted by molar-refractivity contribution is -0.125. The van der Waals surface area contributed by atoms with Crippen molar-refractivity contribution in [2.24, 2.45) is 0 Å². The molecular formula is C16H11FN2O3S. The number of amides is 1. The largest absolute Gasteiger partial charge is 0.485 e. The monoisotopic (exact) mass is 330 g/mol. The molecule has 23 heavy (non-hydrogen) atoms. The fourth-order valence-electron chi connectivity index (χ4n) is 2.29. The van der Waals surface area contributed by atoms with Gasteiger partial charge in [-0.15, -0.1) is 0 Å². The van der Waals surface area contributed by atoms with E-state index in [1.54, 1.807) is 18.2 Å². The van der Waals surface area contributed by atoms with E-state index < -0.39 is 6.10 Å². The first kappa shape index (κ1) is 14.0. The molecule has 2 heterocycles. The topological polar surface area (TPSA) is 60.5 Å². The van der Waals surface area contributed by atoms with Gasteiger partial charge in [0.25, 0.3) is 5.91 Å². The number of hydrogen-bond acceptors (Lipinski definition) is 5. The Morgan fingerprint density at radius 1 is 1.26 bits per heavy atom. The standard InChI is InChI=1S/C16H11FN2O3S/c17-9-5-6-10-14(7-9)23-16(18-10)19-15(20)13-8-21-11-3-1-2-4-12(11)22-13/h1-7,13H,8H2,(H,18,19,20)/t13-/m0/s1. The summed E-state index contributed by atoms with van der Waals surface area (Å²) < 4.78 is 25.0. The van der Waals surface area contributed by atoms with Crippen LogP contribution in [0.3, 0.4) is 0 Å². The molecule has 1 atom stereocenters. The van der Waals surface area contributed by atoms with Crippen LogP contribution in [0, 0.1) is 5.82 Å². The van der Waals surface area contributed by atoms with Gasteiger partial charge >= 0.3 is 0 Å². The van der Waals surface area contributed by atoms with Crippen molar-refractivity contribution in [2.45, 2.75) is 6.10 Å². The fraction of sp³-hybridized carbons (Fsp3) is 0.125. The molecule has 0 bridgehead atoms. The Morgan fingerprint density at radius 3 is 2.96 bits per heavy atom.